The molecule has 1 aliphatic rings. The smallest absolute Gasteiger partial charge is 0.357 e. The topological polar surface area (TPSA) is 46.1 Å². The van der Waals surface area contributed by atoms with E-state index in [0.29, 0.717) is 0 Å². The second kappa shape index (κ2) is 6.49. The molecule has 0 radical (unpaired) electrons. The van der Waals surface area contributed by atoms with Crippen molar-refractivity contribution in [1.82, 2.24) is 15.2 Å². The number of carbonyl (C=O) groups excluding carboxylic acids is 1. The summed E-state index contributed by atoms with van der Waals surface area (Å²) in [6, 6.07) is -0.318. The maximum atomic E-state index is 12.9. The molecule has 1 fully saturated rings. The van der Waals surface area contributed by atoms with E-state index in [1.807, 2.05) is 5.32 Å². The minimum absolute atomic E-state index is 0. The molecule has 0 bridgehead atoms. The van der Waals surface area contributed by atoms with Crippen molar-refractivity contribution in [1.29, 1.82) is 0 Å². The third-order valence-electron chi connectivity index (χ3n) is 2.95. The van der Waals surface area contributed by atoms with Crippen LogP contribution in [0.15, 0.2) is 18.5 Å². The van der Waals surface area contributed by atoms with Crippen LogP contribution in [0.3, 0.4) is 0 Å². The van der Waals surface area contributed by atoms with Crippen LogP contribution in [0.1, 0.15) is 24.4 Å². The van der Waals surface area contributed by atoms with Crippen molar-refractivity contribution in [3.63, 3.8) is 0 Å². The Morgan fingerprint density at radius 1 is 1.50 bits per heavy atom. The van der Waals surface area contributed by atoms with E-state index in [1.165, 1.54) is 23.0 Å². The Morgan fingerprint density at radius 3 is 2.60 bits per heavy atom. The average Bonchev–Trinajstić information content (AvgIpc) is 3.04. The molecule has 0 spiro atoms. The monoisotopic (exact) mass is 311 g/mol. The van der Waals surface area contributed by atoms with E-state index >= 15 is 0 Å². The zero-order chi connectivity index (χ0) is 14.0. The summed E-state index contributed by atoms with van der Waals surface area (Å²) in [5.41, 5.74) is 0.0368. The van der Waals surface area contributed by atoms with E-state index in [0.717, 1.165) is 12.8 Å². The summed E-state index contributed by atoms with van der Waals surface area (Å²) in [6.45, 7) is -0.0793. The average molecular weight is 312 g/mol. The molecule has 1 aliphatic carbocycles. The van der Waals surface area contributed by atoms with Gasteiger partial charge in [0, 0.05) is 31.0 Å². The number of hydrogen-bond acceptors (Lipinski definition) is 2. The highest BCUT2D eigenvalue weighted by atomic mass is 35.5. The van der Waals surface area contributed by atoms with Crippen LogP contribution in [-0.4, -0.2) is 29.2 Å². The van der Waals surface area contributed by atoms with Gasteiger partial charge in [-0.1, -0.05) is 0 Å². The first-order valence-electron chi connectivity index (χ1n) is 6.07. The number of rotatable bonds is 5. The highest BCUT2D eigenvalue weighted by Gasteiger charge is 2.42. The molecule has 4 nitrogen and oxygen atoms in total. The molecule has 0 aromatic carbocycles. The summed E-state index contributed by atoms with van der Waals surface area (Å²) in [4.78, 5) is 11.5. The summed E-state index contributed by atoms with van der Waals surface area (Å²) in [6.07, 6.45) is 0.329. The Kier molecular flexibility index (Phi) is 5.47. The number of carbonyl (C=O) groups is 1. The molecule has 1 aromatic heterocycles. The number of hydrogen-bond donors (Lipinski definition) is 2. The van der Waals surface area contributed by atoms with Crippen LogP contribution in [0.25, 0.3) is 0 Å². The van der Waals surface area contributed by atoms with Crippen LogP contribution in [0, 0.1) is 0 Å². The van der Waals surface area contributed by atoms with Crippen molar-refractivity contribution in [3.05, 3.63) is 24.0 Å². The molecule has 8 heteroatoms. The van der Waals surface area contributed by atoms with Crippen LogP contribution in [0.4, 0.5) is 13.2 Å². The van der Waals surface area contributed by atoms with Gasteiger partial charge in [-0.2, -0.15) is 13.2 Å². The number of aromatic nitrogens is 1. The SMILES string of the molecule is Cl.Cn1ccc(C(NC(=O)CNC2CC2)C(F)(F)F)c1. The van der Waals surface area contributed by atoms with Crippen molar-refractivity contribution >= 4 is 18.3 Å². The van der Waals surface area contributed by atoms with Gasteiger partial charge >= 0.3 is 6.18 Å². The molecular weight excluding hydrogens is 295 g/mol. The summed E-state index contributed by atoms with van der Waals surface area (Å²) in [7, 11) is 1.63. The molecule has 0 saturated heterocycles. The Bertz CT molecular complexity index is 457. The number of alkyl halides is 3. The molecule has 1 aromatic rings. The molecule has 2 rings (SSSR count). The number of halogens is 4. The first kappa shape index (κ1) is 16.8. The highest BCUT2D eigenvalue weighted by molar-refractivity contribution is 5.85. The second-order valence-corrected chi connectivity index (χ2v) is 4.81. The second-order valence-electron chi connectivity index (χ2n) is 4.81. The minimum atomic E-state index is -4.50. The highest BCUT2D eigenvalue weighted by Crippen LogP contribution is 2.32. The normalized spacial score (nSPS) is 16.4. The lowest BCUT2D eigenvalue weighted by Crippen LogP contribution is -2.42. The minimum Gasteiger partial charge on any atom is -0.357 e. The largest absolute Gasteiger partial charge is 0.412 e. The lowest BCUT2D eigenvalue weighted by Gasteiger charge is -2.21. The quantitative estimate of drug-likeness (QED) is 0.873. The lowest BCUT2D eigenvalue weighted by atomic mass is 10.1. The third-order valence-corrected chi connectivity index (χ3v) is 2.95. The van der Waals surface area contributed by atoms with Crippen LogP contribution in [0.2, 0.25) is 0 Å². The van der Waals surface area contributed by atoms with Gasteiger partial charge in [-0.15, -0.1) is 12.4 Å². The van der Waals surface area contributed by atoms with E-state index in [-0.39, 0.29) is 30.6 Å². The molecular formula is C12H17ClF3N3O. The predicted molar refractivity (Wildman–Crippen MR) is 70.6 cm³/mol. The Hall–Kier alpha value is -1.21. The molecule has 1 saturated carbocycles. The Balaban J connectivity index is 0.00000200. The van der Waals surface area contributed by atoms with Crippen LogP contribution < -0.4 is 10.6 Å². The predicted octanol–water partition coefficient (Wildman–Crippen LogP) is 1.92. The Morgan fingerprint density at radius 2 is 2.15 bits per heavy atom. The molecule has 20 heavy (non-hydrogen) atoms. The molecule has 2 N–H and O–H groups in total. The van der Waals surface area contributed by atoms with E-state index in [1.54, 1.807) is 7.05 Å². The van der Waals surface area contributed by atoms with Gasteiger partial charge in [0.2, 0.25) is 5.91 Å². The zero-order valence-electron chi connectivity index (χ0n) is 10.9. The summed E-state index contributed by atoms with van der Waals surface area (Å²) in [5, 5.41) is 4.92. The Labute approximate surface area is 121 Å². The van der Waals surface area contributed by atoms with Crippen molar-refractivity contribution in [2.24, 2.45) is 7.05 Å². The lowest BCUT2D eigenvalue weighted by molar-refractivity contribution is -0.163. The summed E-state index contributed by atoms with van der Waals surface area (Å²) in [5.74, 6) is -0.641. The molecule has 1 heterocycles. The van der Waals surface area contributed by atoms with Gasteiger partial charge < -0.3 is 15.2 Å². The van der Waals surface area contributed by atoms with Crippen LogP contribution >= 0.6 is 12.4 Å². The zero-order valence-corrected chi connectivity index (χ0v) is 11.7. The fraction of sp³-hybridized carbons (Fsp3) is 0.583. The van der Waals surface area contributed by atoms with Gasteiger partial charge in [0.25, 0.3) is 0 Å². The molecule has 1 atom stereocenters. The van der Waals surface area contributed by atoms with Gasteiger partial charge in [-0.3, -0.25) is 4.79 Å². The summed E-state index contributed by atoms with van der Waals surface area (Å²) >= 11 is 0. The number of amides is 1. The van der Waals surface area contributed by atoms with Crippen LogP contribution in [0.5, 0.6) is 0 Å². The number of aryl methyl sites for hydroxylation is 1. The number of nitrogens with zero attached hydrogens (tertiary/aromatic N) is 1. The first-order chi connectivity index (χ1) is 8.86. The van der Waals surface area contributed by atoms with Gasteiger partial charge in [0.1, 0.15) is 0 Å². The van der Waals surface area contributed by atoms with Gasteiger partial charge in [-0.05, 0) is 18.9 Å². The van der Waals surface area contributed by atoms with E-state index in [4.69, 9.17) is 0 Å². The van der Waals surface area contributed by atoms with Gasteiger partial charge in [0.15, 0.2) is 6.04 Å². The van der Waals surface area contributed by atoms with Gasteiger partial charge in [0.05, 0.1) is 6.54 Å². The maximum Gasteiger partial charge on any atom is 0.412 e. The first-order valence-corrected chi connectivity index (χ1v) is 6.07. The van der Waals surface area contributed by atoms with E-state index in [9.17, 15) is 18.0 Å². The molecule has 1 unspecified atom stereocenters. The van der Waals surface area contributed by atoms with E-state index < -0.39 is 18.1 Å². The van der Waals surface area contributed by atoms with Crippen molar-refractivity contribution in [2.75, 3.05) is 6.54 Å². The maximum absolute atomic E-state index is 12.9. The standard InChI is InChI=1S/C12H16F3N3O.ClH/c1-18-5-4-8(7-18)11(12(13,14)15)17-10(19)6-16-9-2-3-9;/h4-5,7,9,11,16H,2-3,6H2,1H3,(H,17,19);1H. The van der Waals surface area contributed by atoms with E-state index in [2.05, 4.69) is 5.32 Å². The van der Waals surface area contributed by atoms with Crippen LogP contribution in [-0.2, 0) is 11.8 Å². The molecule has 0 aliphatic heterocycles. The number of nitrogens with one attached hydrogen (secondary N) is 2. The third kappa shape index (κ3) is 4.72. The molecule has 114 valence electrons. The van der Waals surface area contributed by atoms with Crippen molar-refractivity contribution in [2.45, 2.75) is 31.1 Å². The van der Waals surface area contributed by atoms with Gasteiger partial charge in [-0.25, -0.2) is 0 Å². The fourth-order valence-corrected chi connectivity index (χ4v) is 1.79. The van der Waals surface area contributed by atoms with Crippen molar-refractivity contribution in [3.8, 4) is 0 Å². The molecule has 1 amide bonds. The fourth-order valence-electron chi connectivity index (χ4n) is 1.79. The van der Waals surface area contributed by atoms with Crippen molar-refractivity contribution < 1.29 is 18.0 Å². The summed E-state index contributed by atoms with van der Waals surface area (Å²) < 4.78 is 40.3.